The lowest BCUT2D eigenvalue weighted by Crippen LogP contribution is -2.53. The van der Waals surface area contributed by atoms with Crippen molar-refractivity contribution in [2.45, 2.75) is 45.8 Å². The predicted octanol–water partition coefficient (Wildman–Crippen LogP) is 0.640. The van der Waals surface area contributed by atoms with Gasteiger partial charge in [-0.25, -0.2) is 0 Å². The normalized spacial score (nSPS) is 17.9. The molecule has 0 aliphatic rings. The number of nitrogens with two attached hydrogens (primary N) is 2. The Morgan fingerprint density at radius 3 is 2.29 bits per heavy atom. The summed E-state index contributed by atoms with van der Waals surface area (Å²) in [6.45, 7) is 7.97. The minimum absolute atomic E-state index is 0.109. The van der Waals surface area contributed by atoms with Crippen molar-refractivity contribution >= 4 is 5.91 Å². The van der Waals surface area contributed by atoms with Crippen LogP contribution in [-0.4, -0.2) is 24.2 Å². The van der Waals surface area contributed by atoms with E-state index in [1.165, 1.54) is 0 Å². The van der Waals surface area contributed by atoms with Gasteiger partial charge in [0.25, 0.3) is 0 Å². The number of ether oxygens (including phenoxy) is 1. The van der Waals surface area contributed by atoms with Crippen LogP contribution in [0.4, 0.5) is 0 Å². The van der Waals surface area contributed by atoms with Gasteiger partial charge in [0.1, 0.15) is 5.54 Å². The van der Waals surface area contributed by atoms with Crippen LogP contribution >= 0.6 is 0 Å². The summed E-state index contributed by atoms with van der Waals surface area (Å²) in [6, 6.07) is 0. The third-order valence-electron chi connectivity index (χ3n) is 2.03. The lowest BCUT2D eigenvalue weighted by Gasteiger charge is -2.23. The SMILES string of the molecule is CC(C)CC(C)OCC(C)(N)C(N)=O. The Balaban J connectivity index is 3.87. The first kappa shape index (κ1) is 13.4. The molecule has 0 aromatic carbocycles. The van der Waals surface area contributed by atoms with Gasteiger partial charge in [0.2, 0.25) is 5.91 Å². The minimum atomic E-state index is -1.06. The maximum atomic E-state index is 10.9. The topological polar surface area (TPSA) is 78.3 Å². The second-order valence-electron chi connectivity index (χ2n) is 4.53. The number of carbonyl (C=O) groups excluding carboxylic acids is 1. The summed E-state index contributed by atoms with van der Waals surface area (Å²) in [7, 11) is 0. The zero-order valence-corrected chi connectivity index (χ0v) is 9.54. The molecule has 0 spiro atoms. The number of carbonyl (C=O) groups is 1. The molecule has 2 atom stereocenters. The summed E-state index contributed by atoms with van der Waals surface area (Å²) < 4.78 is 5.45. The van der Waals surface area contributed by atoms with Crippen LogP contribution in [0.2, 0.25) is 0 Å². The number of amides is 1. The molecule has 4 heteroatoms. The van der Waals surface area contributed by atoms with Gasteiger partial charge in [0.15, 0.2) is 0 Å². The average molecular weight is 202 g/mol. The average Bonchev–Trinajstić information content (AvgIpc) is 1.99. The van der Waals surface area contributed by atoms with E-state index in [-0.39, 0.29) is 12.7 Å². The van der Waals surface area contributed by atoms with Crippen LogP contribution in [0.15, 0.2) is 0 Å². The summed E-state index contributed by atoms with van der Waals surface area (Å²) in [5, 5.41) is 0. The third-order valence-corrected chi connectivity index (χ3v) is 2.03. The Morgan fingerprint density at radius 1 is 1.43 bits per heavy atom. The first-order chi connectivity index (χ1) is 6.25. The van der Waals surface area contributed by atoms with Crippen molar-refractivity contribution < 1.29 is 9.53 Å². The van der Waals surface area contributed by atoms with E-state index in [2.05, 4.69) is 13.8 Å². The molecule has 0 aliphatic carbocycles. The minimum Gasteiger partial charge on any atom is -0.376 e. The zero-order chi connectivity index (χ0) is 11.4. The van der Waals surface area contributed by atoms with Crippen LogP contribution in [0.1, 0.15) is 34.1 Å². The van der Waals surface area contributed by atoms with E-state index in [1.54, 1.807) is 6.92 Å². The molecule has 0 saturated carbocycles. The van der Waals surface area contributed by atoms with Crippen molar-refractivity contribution in [1.82, 2.24) is 0 Å². The number of hydrogen-bond acceptors (Lipinski definition) is 3. The second kappa shape index (κ2) is 5.32. The predicted molar refractivity (Wildman–Crippen MR) is 56.7 cm³/mol. The maximum Gasteiger partial charge on any atom is 0.239 e. The fourth-order valence-electron chi connectivity index (χ4n) is 1.12. The molecule has 84 valence electrons. The van der Waals surface area contributed by atoms with E-state index in [0.29, 0.717) is 5.92 Å². The zero-order valence-electron chi connectivity index (χ0n) is 9.54. The summed E-state index contributed by atoms with van der Waals surface area (Å²) in [5.41, 5.74) is 9.69. The van der Waals surface area contributed by atoms with Crippen molar-refractivity contribution in [2.75, 3.05) is 6.61 Å². The summed E-state index contributed by atoms with van der Waals surface area (Å²) in [6.07, 6.45) is 1.06. The van der Waals surface area contributed by atoms with Crippen LogP contribution in [0, 0.1) is 5.92 Å². The van der Waals surface area contributed by atoms with Crippen LogP contribution in [0.3, 0.4) is 0 Å². The quantitative estimate of drug-likeness (QED) is 0.663. The first-order valence-electron chi connectivity index (χ1n) is 4.96. The highest BCUT2D eigenvalue weighted by Gasteiger charge is 2.26. The highest BCUT2D eigenvalue weighted by molar-refractivity contribution is 5.83. The molecule has 0 bridgehead atoms. The van der Waals surface area contributed by atoms with E-state index in [9.17, 15) is 4.79 Å². The van der Waals surface area contributed by atoms with Crippen molar-refractivity contribution in [3.8, 4) is 0 Å². The van der Waals surface area contributed by atoms with E-state index < -0.39 is 11.4 Å². The van der Waals surface area contributed by atoms with Crippen LogP contribution in [0.5, 0.6) is 0 Å². The molecular formula is C10H22N2O2. The molecular weight excluding hydrogens is 180 g/mol. The number of primary amides is 1. The third kappa shape index (κ3) is 5.19. The van der Waals surface area contributed by atoms with Gasteiger partial charge in [0, 0.05) is 0 Å². The van der Waals surface area contributed by atoms with E-state index >= 15 is 0 Å². The largest absolute Gasteiger partial charge is 0.376 e. The van der Waals surface area contributed by atoms with Gasteiger partial charge >= 0.3 is 0 Å². The molecule has 0 aromatic heterocycles. The molecule has 0 aliphatic heterocycles. The standard InChI is InChI=1S/C10H22N2O2/c1-7(2)5-8(3)14-6-10(4,12)9(11)13/h7-8H,5-6,12H2,1-4H3,(H2,11,13). The van der Waals surface area contributed by atoms with Crippen LogP contribution < -0.4 is 11.5 Å². The van der Waals surface area contributed by atoms with E-state index in [1.807, 2.05) is 6.92 Å². The molecule has 2 unspecified atom stereocenters. The lowest BCUT2D eigenvalue weighted by atomic mass is 10.0. The molecule has 0 heterocycles. The van der Waals surface area contributed by atoms with Gasteiger partial charge in [-0.05, 0) is 26.2 Å². The van der Waals surface area contributed by atoms with E-state index in [0.717, 1.165) is 6.42 Å². The molecule has 0 fully saturated rings. The van der Waals surface area contributed by atoms with Crippen LogP contribution in [0.25, 0.3) is 0 Å². The van der Waals surface area contributed by atoms with Crippen molar-refractivity contribution in [3.05, 3.63) is 0 Å². The van der Waals surface area contributed by atoms with Crippen molar-refractivity contribution in [1.29, 1.82) is 0 Å². The van der Waals surface area contributed by atoms with Crippen molar-refractivity contribution in [2.24, 2.45) is 17.4 Å². The second-order valence-corrected chi connectivity index (χ2v) is 4.53. The summed E-state index contributed by atoms with van der Waals surface area (Å²) >= 11 is 0. The summed E-state index contributed by atoms with van der Waals surface area (Å²) in [4.78, 5) is 10.9. The number of hydrogen-bond donors (Lipinski definition) is 2. The van der Waals surface area contributed by atoms with Gasteiger partial charge in [0.05, 0.1) is 12.7 Å². The van der Waals surface area contributed by atoms with E-state index in [4.69, 9.17) is 16.2 Å². The first-order valence-corrected chi connectivity index (χ1v) is 4.96. The Hall–Kier alpha value is -0.610. The van der Waals surface area contributed by atoms with Crippen molar-refractivity contribution in [3.63, 3.8) is 0 Å². The van der Waals surface area contributed by atoms with Gasteiger partial charge in [-0.1, -0.05) is 13.8 Å². The smallest absolute Gasteiger partial charge is 0.239 e. The molecule has 1 amide bonds. The molecule has 0 saturated heterocycles. The van der Waals surface area contributed by atoms with Gasteiger partial charge in [-0.3, -0.25) is 4.79 Å². The van der Waals surface area contributed by atoms with Gasteiger partial charge < -0.3 is 16.2 Å². The molecule has 4 nitrogen and oxygen atoms in total. The molecule has 0 radical (unpaired) electrons. The Labute approximate surface area is 86.0 Å². The lowest BCUT2D eigenvalue weighted by molar-refractivity contribution is -0.125. The fourth-order valence-corrected chi connectivity index (χ4v) is 1.12. The highest BCUT2D eigenvalue weighted by Crippen LogP contribution is 2.09. The van der Waals surface area contributed by atoms with Crippen LogP contribution in [-0.2, 0) is 9.53 Å². The molecule has 14 heavy (non-hydrogen) atoms. The summed E-state index contributed by atoms with van der Waals surface area (Å²) in [5.74, 6) is 0.0388. The highest BCUT2D eigenvalue weighted by atomic mass is 16.5. The Morgan fingerprint density at radius 2 is 1.93 bits per heavy atom. The maximum absolute atomic E-state index is 10.9. The van der Waals surface area contributed by atoms with Gasteiger partial charge in [-0.15, -0.1) is 0 Å². The van der Waals surface area contributed by atoms with Gasteiger partial charge in [-0.2, -0.15) is 0 Å². The number of rotatable bonds is 6. The molecule has 0 aromatic rings. The Kier molecular flexibility index (Phi) is 5.08. The molecule has 4 N–H and O–H groups in total. The fraction of sp³-hybridized carbons (Fsp3) is 0.900. The Bertz CT molecular complexity index is 191. The monoisotopic (exact) mass is 202 g/mol. The molecule has 0 rings (SSSR count).